The molecular formula is C90H163BNaO4S4. The van der Waals surface area contributed by atoms with Crippen LogP contribution in [-0.2, 0) is 16.6 Å². The van der Waals surface area contributed by atoms with E-state index in [4.69, 9.17) is 0 Å². The van der Waals surface area contributed by atoms with Gasteiger partial charge in [0.1, 0.15) is 5.78 Å². The summed E-state index contributed by atoms with van der Waals surface area (Å²) in [5.41, 5.74) is 11.1. The van der Waals surface area contributed by atoms with Crippen LogP contribution in [0.3, 0.4) is 0 Å². The summed E-state index contributed by atoms with van der Waals surface area (Å²) >= 11 is 7.65. The third kappa shape index (κ3) is 35.4. The van der Waals surface area contributed by atoms with E-state index in [0.29, 0.717) is 26.9 Å². The van der Waals surface area contributed by atoms with E-state index < -0.39 is 5.97 Å². The zero-order valence-electron chi connectivity index (χ0n) is 69.5. The molecule has 0 aromatic heterocycles. The number of aliphatic hydroxyl groups is 1. The van der Waals surface area contributed by atoms with E-state index in [0.717, 1.165) is 23.8 Å². The Hall–Kier alpha value is -2.34. The molecule has 5 aromatic carbocycles. The van der Waals surface area contributed by atoms with E-state index >= 15 is 0 Å². The second-order valence-electron chi connectivity index (χ2n) is 28.6. The Labute approximate surface area is 668 Å². The first kappa shape index (κ1) is 119. The Balaban J connectivity index is -0.000000106. The number of benzene rings is 5. The summed E-state index contributed by atoms with van der Waals surface area (Å²) in [7, 11) is 0. The van der Waals surface area contributed by atoms with Gasteiger partial charge in [-0.2, -0.15) is 0 Å². The molecule has 3 radical (unpaired) electrons. The monoisotopic (exact) mass is 1470 g/mol. The maximum absolute atomic E-state index is 11.4. The molecule has 1 aliphatic carbocycles. The number of carbonyl (C=O) groups is 2. The van der Waals surface area contributed by atoms with E-state index in [9.17, 15) is 19.8 Å². The minimum atomic E-state index is -0.830. The number of fused-ring (bicyclic) bond motifs is 2. The zero-order chi connectivity index (χ0) is 73.8. The number of Topliss-reactive ketones (excluding diaryl/α,β-unsaturated/α-hetero) is 1. The fourth-order valence-corrected chi connectivity index (χ4v) is 17.3. The van der Waals surface area contributed by atoms with Crippen LogP contribution in [-0.4, -0.2) is 55.5 Å². The summed E-state index contributed by atoms with van der Waals surface area (Å²) < 4.78 is 0.643. The summed E-state index contributed by atoms with van der Waals surface area (Å²) in [6.07, 6.45) is 0.728. The van der Waals surface area contributed by atoms with Crippen molar-refractivity contribution >= 4 is 67.2 Å². The van der Waals surface area contributed by atoms with E-state index in [1.807, 2.05) is 131 Å². The van der Waals surface area contributed by atoms with Gasteiger partial charge in [0.25, 0.3) is 0 Å². The van der Waals surface area contributed by atoms with Crippen LogP contribution in [0.25, 0.3) is 0 Å². The molecule has 0 amide bonds. The van der Waals surface area contributed by atoms with Crippen molar-refractivity contribution in [3.05, 3.63) is 153 Å². The fraction of sp³-hybridized carbons (Fsp3) is 0.644. The Morgan fingerprint density at radius 2 is 0.900 bits per heavy atom. The smallest absolute Gasteiger partial charge is 1.00 e. The number of ketones is 1. The number of aryl methyl sites for hydroxylation is 4. The standard InChI is InChI=1S/C18H26O2.C15H24S.C14H22OS.C14H20OS.C14H20S.5C2H6.5CH4.B.Na.H/c1-11-13(15(19)20)9-8-12-10-16(2,3)18(6,7)17(4,5)14(11)12;1-11(2)13(4)15(5,6)16-14-9-7-8-12(3)10-14;2*1-10-7-6-8-13(9-10)16-14(4,5)11(2)12(3)15;1-9-7-6-8-12-13(9)10(2)11(3)14(4,5)15-12;5*1-2;;;;;;;;/h8-9H,10H2,1-7H3,(H,19,20);7-11,13H,1-6H3;6-9,11-12,15H,1-5H3;6-9,11H,1-5H3;6-8,10-11H,1-5H3;5*1-2H3;5*1H4;;;/q;;;;;;;;;;;;;;;;+1;-1. The van der Waals surface area contributed by atoms with Gasteiger partial charge in [-0.3, -0.25) is 4.79 Å². The first-order valence-corrected chi connectivity index (χ1v) is 38.7. The summed E-state index contributed by atoms with van der Waals surface area (Å²) in [6, 6.07) is 36.2. The molecule has 2 N–H and O–H groups in total. The number of carboxylic acid groups (broad SMARTS) is 1. The van der Waals surface area contributed by atoms with Gasteiger partial charge in [0.2, 0.25) is 0 Å². The maximum atomic E-state index is 11.4. The van der Waals surface area contributed by atoms with Gasteiger partial charge in [-0.15, -0.1) is 47.0 Å². The molecule has 100 heavy (non-hydrogen) atoms. The van der Waals surface area contributed by atoms with E-state index in [1.165, 1.54) is 53.0 Å². The number of carboxylic acids is 1. The first-order chi connectivity index (χ1) is 42.8. The third-order valence-corrected chi connectivity index (χ3v) is 25.6. The molecule has 575 valence electrons. The number of carbonyl (C=O) groups excluding carboxylic acids is 1. The molecule has 6 atom stereocenters. The molecule has 6 unspecified atom stereocenters. The molecule has 4 nitrogen and oxygen atoms in total. The molecule has 5 aromatic rings. The number of thioether (sulfide) groups is 4. The molecule has 10 heteroatoms. The van der Waals surface area contributed by atoms with Crippen LogP contribution in [0.4, 0.5) is 0 Å². The molecule has 0 fully saturated rings. The molecule has 0 spiro atoms. The van der Waals surface area contributed by atoms with Gasteiger partial charge in [-0.25, -0.2) is 4.79 Å². The summed E-state index contributed by atoms with van der Waals surface area (Å²) in [6.45, 7) is 81.8. The number of aliphatic hydroxyl groups excluding tert-OH is 1. The largest absolute Gasteiger partial charge is 1.00 e. The van der Waals surface area contributed by atoms with E-state index in [-0.39, 0.29) is 126 Å². The second kappa shape index (κ2) is 54.3. The minimum Gasteiger partial charge on any atom is -1.00 e. The zero-order valence-corrected chi connectivity index (χ0v) is 73.8. The van der Waals surface area contributed by atoms with Crippen LogP contribution in [0, 0.1) is 75.0 Å². The van der Waals surface area contributed by atoms with Gasteiger partial charge in [0, 0.05) is 52.9 Å². The van der Waals surface area contributed by atoms with Crippen molar-refractivity contribution in [3.8, 4) is 0 Å². The topological polar surface area (TPSA) is 74.6 Å². The number of hydrogen-bond acceptors (Lipinski definition) is 7. The van der Waals surface area contributed by atoms with Gasteiger partial charge >= 0.3 is 35.5 Å². The molecule has 0 bridgehead atoms. The number of aromatic carboxylic acids is 1. The van der Waals surface area contributed by atoms with Crippen LogP contribution in [0.1, 0.15) is 328 Å². The summed E-state index contributed by atoms with van der Waals surface area (Å²) in [4.78, 5) is 28.2. The van der Waals surface area contributed by atoms with Crippen LogP contribution in [0.15, 0.2) is 123 Å². The van der Waals surface area contributed by atoms with E-state index in [2.05, 4.69) is 257 Å². The molecule has 2 aliphatic rings. The van der Waals surface area contributed by atoms with Crippen molar-refractivity contribution in [2.45, 2.75) is 363 Å². The Morgan fingerprint density at radius 3 is 1.23 bits per heavy atom. The van der Waals surface area contributed by atoms with Crippen molar-refractivity contribution in [1.82, 2.24) is 0 Å². The van der Waals surface area contributed by atoms with Gasteiger partial charge in [-0.05, 0) is 205 Å². The predicted octanol–water partition coefficient (Wildman–Crippen LogP) is 27.4. The second-order valence-corrected chi connectivity index (χ2v) is 35.5. The van der Waals surface area contributed by atoms with Crippen LogP contribution in [0.2, 0.25) is 0 Å². The normalized spacial score (nSPS) is 16.0. The molecule has 1 heterocycles. The summed E-state index contributed by atoms with van der Waals surface area (Å²) in [5, 5.41) is 19.0. The molecule has 0 saturated heterocycles. The van der Waals surface area contributed by atoms with Crippen molar-refractivity contribution in [2.24, 2.45) is 40.4 Å². The van der Waals surface area contributed by atoms with Gasteiger partial charge in [0.15, 0.2) is 0 Å². The van der Waals surface area contributed by atoms with Crippen molar-refractivity contribution in [3.63, 3.8) is 0 Å². The van der Waals surface area contributed by atoms with Crippen LogP contribution >= 0.6 is 47.0 Å². The predicted molar refractivity (Wildman–Crippen MR) is 466 cm³/mol. The van der Waals surface area contributed by atoms with Crippen molar-refractivity contribution in [2.75, 3.05) is 0 Å². The summed E-state index contributed by atoms with van der Waals surface area (Å²) in [5.74, 6) is 2.60. The number of hydrogen-bond donors (Lipinski definition) is 2. The Morgan fingerprint density at radius 1 is 0.550 bits per heavy atom. The van der Waals surface area contributed by atoms with Gasteiger partial charge in [0.05, 0.1) is 11.7 Å². The van der Waals surface area contributed by atoms with Crippen LogP contribution in [0.5, 0.6) is 0 Å². The van der Waals surface area contributed by atoms with Gasteiger partial charge < -0.3 is 11.6 Å². The van der Waals surface area contributed by atoms with Crippen LogP contribution < -0.4 is 29.6 Å². The van der Waals surface area contributed by atoms with Crippen molar-refractivity contribution < 1.29 is 50.8 Å². The first-order valence-electron chi connectivity index (χ1n) is 35.4. The quantitative estimate of drug-likeness (QED) is 0.0892. The van der Waals surface area contributed by atoms with E-state index in [1.54, 1.807) is 30.3 Å². The maximum Gasteiger partial charge on any atom is 1.00 e. The minimum absolute atomic E-state index is 0. The Kier molecular flexibility index (Phi) is 64.5. The SMILES string of the molecule is C.C.C.C.C.CC.CC.CC.CC.CC.CC(=O)C(C)C(C)(C)Sc1cccc(C)c1.Cc1c(C(=O)O)ccc2c1C(C)(C)C(C)(C)C(C)(C)C2.Cc1cccc(SC(C)(C)C(C)C(C)C)c1.Cc1cccc(SC(C)(C)C(C)C(C)O)c1.Cc1cccc2c1C(C)C(C)C(C)(C)S2.[B].[H-].[Na+]. The third-order valence-electron chi connectivity index (χ3n) is 19.9. The van der Waals surface area contributed by atoms with Crippen molar-refractivity contribution in [1.29, 1.82) is 0 Å². The number of rotatable bonds is 13. The molecule has 1 aliphatic heterocycles. The fourth-order valence-electron chi connectivity index (χ4n) is 11.5. The molecular weight excluding hydrogens is 1310 g/mol. The molecule has 0 saturated carbocycles. The van der Waals surface area contributed by atoms with Gasteiger partial charge in [-0.1, -0.05) is 295 Å². The molecule has 7 rings (SSSR count). The average molecular weight is 1470 g/mol. The average Bonchev–Trinajstić information content (AvgIpc) is 0.713. The Bertz CT molecular complexity index is 2890.